The van der Waals surface area contributed by atoms with Gasteiger partial charge in [0.15, 0.2) is 0 Å². The average Bonchev–Trinajstić information content (AvgIpc) is 2.89. The molecule has 0 bridgehead atoms. The average molecular weight is 434 g/mol. The first kappa shape index (κ1) is 19.6. The lowest BCUT2D eigenvalue weighted by Crippen LogP contribution is -2.36. The minimum absolute atomic E-state index is 0.0839. The molecule has 33 heavy (non-hydrogen) atoms. The van der Waals surface area contributed by atoms with Crippen molar-refractivity contribution < 1.29 is 4.74 Å². The predicted molar refractivity (Wildman–Crippen MR) is 131 cm³/mol. The highest BCUT2D eigenvalue weighted by molar-refractivity contribution is 5.96. The third-order valence-corrected chi connectivity index (χ3v) is 6.22. The summed E-state index contributed by atoms with van der Waals surface area (Å²) in [4.78, 5) is 24.7. The highest BCUT2D eigenvalue weighted by atomic mass is 16.5. The Balaban J connectivity index is 1.42. The van der Waals surface area contributed by atoms with Crippen molar-refractivity contribution in [2.45, 2.75) is 0 Å². The molecule has 0 N–H and O–H groups in total. The minimum atomic E-state index is -0.0839. The van der Waals surface area contributed by atoms with Crippen LogP contribution in [0.5, 0.6) is 0 Å². The van der Waals surface area contributed by atoms with Crippen molar-refractivity contribution in [3.8, 4) is 16.8 Å². The number of para-hydroxylation sites is 1. The van der Waals surface area contributed by atoms with Gasteiger partial charge in [0, 0.05) is 30.4 Å². The van der Waals surface area contributed by atoms with E-state index in [1.54, 1.807) is 17.1 Å². The molecule has 3 heterocycles. The van der Waals surface area contributed by atoms with Crippen LogP contribution in [0.2, 0.25) is 0 Å². The Morgan fingerprint density at radius 1 is 0.758 bits per heavy atom. The maximum atomic E-state index is 13.4. The van der Waals surface area contributed by atoms with Gasteiger partial charge in [0.2, 0.25) is 0 Å². The first-order valence-corrected chi connectivity index (χ1v) is 11.1. The zero-order valence-electron chi connectivity index (χ0n) is 18.0. The molecule has 1 aliphatic heterocycles. The number of ether oxygens (including phenoxy) is 1. The molecule has 6 rings (SSSR count). The number of morpholine rings is 1. The molecule has 0 spiro atoms. The number of pyridine rings is 1. The maximum Gasteiger partial charge on any atom is 0.265 e. The molecule has 0 atom stereocenters. The molecule has 0 unspecified atom stereocenters. The third-order valence-electron chi connectivity index (χ3n) is 6.22. The van der Waals surface area contributed by atoms with Gasteiger partial charge in [-0.15, -0.1) is 0 Å². The summed E-state index contributed by atoms with van der Waals surface area (Å²) in [5, 5.41) is 1.65. The van der Waals surface area contributed by atoms with Gasteiger partial charge in [-0.3, -0.25) is 14.3 Å². The van der Waals surface area contributed by atoms with E-state index in [1.165, 1.54) is 0 Å². The third kappa shape index (κ3) is 3.54. The van der Waals surface area contributed by atoms with E-state index in [0.717, 1.165) is 59.7 Å². The molecule has 5 aromatic rings. The van der Waals surface area contributed by atoms with E-state index in [-0.39, 0.29) is 5.56 Å². The smallest absolute Gasteiger partial charge is 0.265 e. The summed E-state index contributed by atoms with van der Waals surface area (Å²) in [6.07, 6.45) is 3.41. The maximum absolute atomic E-state index is 13.4. The molecule has 0 amide bonds. The van der Waals surface area contributed by atoms with Crippen LogP contribution >= 0.6 is 0 Å². The van der Waals surface area contributed by atoms with Crippen LogP contribution in [0.25, 0.3) is 38.6 Å². The molecule has 6 nitrogen and oxygen atoms in total. The number of rotatable bonds is 3. The first-order chi connectivity index (χ1) is 16.3. The summed E-state index contributed by atoms with van der Waals surface area (Å²) < 4.78 is 7.05. The molecule has 6 heteroatoms. The summed E-state index contributed by atoms with van der Waals surface area (Å²) >= 11 is 0. The van der Waals surface area contributed by atoms with Gasteiger partial charge < -0.3 is 9.64 Å². The van der Waals surface area contributed by atoms with Gasteiger partial charge in [-0.1, -0.05) is 24.3 Å². The van der Waals surface area contributed by atoms with Crippen LogP contribution in [0, 0.1) is 0 Å². The fourth-order valence-electron chi connectivity index (χ4n) is 4.47. The number of aromatic nitrogens is 3. The fourth-order valence-corrected chi connectivity index (χ4v) is 4.47. The summed E-state index contributed by atoms with van der Waals surface area (Å²) in [5.74, 6) is 0. The van der Waals surface area contributed by atoms with Crippen molar-refractivity contribution in [3.05, 3.63) is 95.7 Å². The molecule has 1 aliphatic rings. The van der Waals surface area contributed by atoms with Crippen molar-refractivity contribution in [2.75, 3.05) is 31.2 Å². The van der Waals surface area contributed by atoms with E-state index in [1.807, 2.05) is 54.6 Å². The topological polar surface area (TPSA) is 60.2 Å². The van der Waals surface area contributed by atoms with E-state index < -0.39 is 0 Å². The summed E-state index contributed by atoms with van der Waals surface area (Å²) in [5.41, 5.74) is 5.48. The molecule has 1 saturated heterocycles. The van der Waals surface area contributed by atoms with Crippen molar-refractivity contribution in [3.63, 3.8) is 0 Å². The Bertz CT molecular complexity index is 1510. The van der Waals surface area contributed by atoms with E-state index in [9.17, 15) is 4.79 Å². The van der Waals surface area contributed by atoms with E-state index in [2.05, 4.69) is 33.1 Å². The molecular formula is C27H22N4O2. The number of benzene rings is 3. The Hall–Kier alpha value is -4.03. The van der Waals surface area contributed by atoms with E-state index in [4.69, 9.17) is 4.74 Å². The monoisotopic (exact) mass is 434 g/mol. The lowest BCUT2D eigenvalue weighted by molar-refractivity contribution is 0.122. The Morgan fingerprint density at radius 3 is 2.36 bits per heavy atom. The molecule has 1 fully saturated rings. The zero-order chi connectivity index (χ0) is 22.2. The van der Waals surface area contributed by atoms with Gasteiger partial charge in [0.25, 0.3) is 5.56 Å². The molecule has 162 valence electrons. The Kier molecular flexibility index (Phi) is 4.85. The van der Waals surface area contributed by atoms with Crippen LogP contribution in [0.15, 0.2) is 90.1 Å². The van der Waals surface area contributed by atoms with E-state index in [0.29, 0.717) is 10.9 Å². The largest absolute Gasteiger partial charge is 0.378 e. The molecule has 2 aromatic heterocycles. The Labute approximate surface area is 190 Å². The number of anilines is 1. The zero-order valence-corrected chi connectivity index (χ0v) is 18.0. The highest BCUT2D eigenvalue weighted by Gasteiger charge is 2.13. The SMILES string of the molecule is O=c1c2cc(-c3ccnc4ccccc34)ccc2ncn1-c1ccc(N2CCOCC2)cc1. The Morgan fingerprint density at radius 2 is 1.52 bits per heavy atom. The second-order valence-corrected chi connectivity index (χ2v) is 8.14. The second kappa shape index (κ2) is 8.15. The fraction of sp³-hybridized carbons (Fsp3) is 0.148. The summed E-state index contributed by atoms with van der Waals surface area (Å²) in [6, 6.07) is 23.9. The summed E-state index contributed by atoms with van der Waals surface area (Å²) in [6.45, 7) is 3.24. The van der Waals surface area contributed by atoms with Crippen molar-refractivity contribution in [1.82, 2.24) is 14.5 Å². The molecule has 0 radical (unpaired) electrons. The number of hydrogen-bond acceptors (Lipinski definition) is 5. The van der Waals surface area contributed by atoms with Gasteiger partial charge in [0.1, 0.15) is 6.33 Å². The lowest BCUT2D eigenvalue weighted by Gasteiger charge is -2.28. The number of fused-ring (bicyclic) bond motifs is 2. The van der Waals surface area contributed by atoms with Crippen LogP contribution in [0.3, 0.4) is 0 Å². The number of nitrogens with zero attached hydrogens (tertiary/aromatic N) is 4. The molecular weight excluding hydrogens is 412 g/mol. The predicted octanol–water partition coefficient (Wildman–Crippen LogP) is 4.44. The van der Waals surface area contributed by atoms with Crippen molar-refractivity contribution >= 4 is 27.5 Å². The molecule has 0 aliphatic carbocycles. The lowest BCUT2D eigenvalue weighted by atomic mass is 10.00. The van der Waals surface area contributed by atoms with Gasteiger partial charge in [-0.25, -0.2) is 4.98 Å². The van der Waals surface area contributed by atoms with Gasteiger partial charge in [-0.2, -0.15) is 0 Å². The van der Waals surface area contributed by atoms with Gasteiger partial charge in [-0.05, 0) is 59.7 Å². The van der Waals surface area contributed by atoms with E-state index >= 15 is 0 Å². The highest BCUT2D eigenvalue weighted by Crippen LogP contribution is 2.29. The normalized spacial score (nSPS) is 14.1. The second-order valence-electron chi connectivity index (χ2n) is 8.14. The van der Waals surface area contributed by atoms with Crippen LogP contribution in [0.4, 0.5) is 5.69 Å². The van der Waals surface area contributed by atoms with Crippen LogP contribution < -0.4 is 10.5 Å². The van der Waals surface area contributed by atoms with Crippen molar-refractivity contribution in [2.24, 2.45) is 0 Å². The van der Waals surface area contributed by atoms with Gasteiger partial charge >= 0.3 is 0 Å². The number of hydrogen-bond donors (Lipinski definition) is 0. The van der Waals surface area contributed by atoms with Crippen LogP contribution in [-0.2, 0) is 4.74 Å². The summed E-state index contributed by atoms with van der Waals surface area (Å²) in [7, 11) is 0. The van der Waals surface area contributed by atoms with Gasteiger partial charge in [0.05, 0.1) is 35.3 Å². The minimum Gasteiger partial charge on any atom is -0.378 e. The van der Waals surface area contributed by atoms with Crippen LogP contribution in [-0.4, -0.2) is 40.8 Å². The van der Waals surface area contributed by atoms with Crippen molar-refractivity contribution in [1.29, 1.82) is 0 Å². The molecule has 3 aromatic carbocycles. The quantitative estimate of drug-likeness (QED) is 0.420. The molecule has 0 saturated carbocycles. The first-order valence-electron chi connectivity index (χ1n) is 11.1. The van der Waals surface area contributed by atoms with Crippen LogP contribution in [0.1, 0.15) is 0 Å². The standard InChI is InChI=1S/C27H22N4O2/c32-27-24-17-19(22-11-12-28-25-4-2-1-3-23(22)25)5-10-26(24)29-18-31(27)21-8-6-20(7-9-21)30-13-15-33-16-14-30/h1-12,17-18H,13-16H2.